The van der Waals surface area contributed by atoms with Crippen molar-refractivity contribution in [2.24, 2.45) is 0 Å². The molecule has 2 aromatic carbocycles. The van der Waals surface area contributed by atoms with Crippen LogP contribution in [-0.4, -0.2) is 23.1 Å². The lowest BCUT2D eigenvalue weighted by Crippen LogP contribution is -2.45. The summed E-state index contributed by atoms with van der Waals surface area (Å²) in [6.45, 7) is 1.99. The number of fused-ring (bicyclic) bond motifs is 1. The van der Waals surface area contributed by atoms with E-state index in [-0.39, 0.29) is 10.6 Å². The average molecular weight is 407 g/mol. The van der Waals surface area contributed by atoms with Crippen LogP contribution >= 0.6 is 23.2 Å². The van der Waals surface area contributed by atoms with E-state index in [2.05, 4.69) is 0 Å². The predicted octanol–water partition coefficient (Wildman–Crippen LogP) is 4.69. The van der Waals surface area contributed by atoms with Crippen LogP contribution in [0.3, 0.4) is 0 Å². The fourth-order valence-corrected chi connectivity index (χ4v) is 3.71. The summed E-state index contributed by atoms with van der Waals surface area (Å²) in [4.78, 5) is 13.4. The van der Waals surface area contributed by atoms with Gasteiger partial charge in [0.25, 0.3) is 0 Å². The van der Waals surface area contributed by atoms with Gasteiger partial charge < -0.3 is 14.9 Å². The molecule has 0 saturated heterocycles. The highest BCUT2D eigenvalue weighted by molar-refractivity contribution is 6.42. The van der Waals surface area contributed by atoms with Crippen LogP contribution in [-0.2, 0) is 10.4 Å². The van der Waals surface area contributed by atoms with Crippen molar-refractivity contribution in [2.45, 2.75) is 31.5 Å². The molecule has 27 heavy (non-hydrogen) atoms. The number of hydrogen-bond donors (Lipinski definition) is 2. The van der Waals surface area contributed by atoms with E-state index in [1.54, 1.807) is 24.3 Å². The first-order valence-corrected chi connectivity index (χ1v) is 9.40. The first-order valence-electron chi connectivity index (χ1n) is 8.64. The Bertz CT molecular complexity index is 922. The molecule has 142 valence electrons. The van der Waals surface area contributed by atoms with E-state index < -0.39 is 17.5 Å². The summed E-state index contributed by atoms with van der Waals surface area (Å²) >= 11 is 12.1. The Hall–Kier alpha value is -1.85. The van der Waals surface area contributed by atoms with Gasteiger partial charge in [0.2, 0.25) is 5.78 Å². The number of carbonyl (C=O) groups is 1. The highest BCUT2D eigenvalue weighted by Crippen LogP contribution is 2.49. The zero-order chi connectivity index (χ0) is 19.8. The maximum atomic E-state index is 13.4. The molecule has 0 amide bonds. The van der Waals surface area contributed by atoms with Gasteiger partial charge in [-0.05, 0) is 35.7 Å². The SMILES string of the molecule is CCC/C=C1\C(=O)[C@@](O)(c2ccc(Cl)c(Cl)c2)[C@H](O)c2cccc(OC)c21. The number of carbonyl (C=O) groups excluding carboxylic acids is 1. The predicted molar refractivity (Wildman–Crippen MR) is 106 cm³/mol. The van der Waals surface area contributed by atoms with E-state index in [1.165, 1.54) is 25.3 Å². The Morgan fingerprint density at radius 2 is 1.96 bits per heavy atom. The van der Waals surface area contributed by atoms with Crippen molar-refractivity contribution in [3.05, 3.63) is 69.2 Å². The molecule has 2 atom stereocenters. The Morgan fingerprint density at radius 1 is 1.22 bits per heavy atom. The van der Waals surface area contributed by atoms with Gasteiger partial charge in [-0.1, -0.05) is 60.8 Å². The van der Waals surface area contributed by atoms with E-state index in [0.717, 1.165) is 6.42 Å². The second-order valence-corrected chi connectivity index (χ2v) is 7.27. The summed E-state index contributed by atoms with van der Waals surface area (Å²) in [6.07, 6.45) is 1.77. The standard InChI is InChI=1S/C21H20Cl2O4/c1-3-4-6-13-18-14(7-5-8-17(18)27-2)20(25)21(26,19(13)24)12-9-10-15(22)16(23)11-12/h5-11,20,25-26H,3-4H2,1-2H3/b13-6-/t20-,21+/m1/s1. The zero-order valence-electron chi connectivity index (χ0n) is 15.0. The molecule has 3 rings (SSSR count). The van der Waals surface area contributed by atoms with Crippen LogP contribution < -0.4 is 4.74 Å². The maximum absolute atomic E-state index is 13.4. The molecule has 0 spiro atoms. The lowest BCUT2D eigenvalue weighted by molar-refractivity contribution is -0.148. The van der Waals surface area contributed by atoms with Gasteiger partial charge in [0, 0.05) is 11.1 Å². The van der Waals surface area contributed by atoms with Crippen LogP contribution in [0.15, 0.2) is 42.5 Å². The fourth-order valence-electron chi connectivity index (χ4n) is 3.41. The number of aliphatic hydroxyl groups is 2. The van der Waals surface area contributed by atoms with Gasteiger partial charge in [-0.2, -0.15) is 0 Å². The molecule has 1 aliphatic carbocycles. The van der Waals surface area contributed by atoms with E-state index >= 15 is 0 Å². The van der Waals surface area contributed by atoms with Gasteiger partial charge in [0.15, 0.2) is 5.60 Å². The number of halogens is 2. The molecule has 0 saturated carbocycles. The molecule has 1 aliphatic rings. The number of unbranched alkanes of at least 4 members (excludes halogenated alkanes) is 1. The smallest absolute Gasteiger partial charge is 0.202 e. The molecule has 0 fully saturated rings. The van der Waals surface area contributed by atoms with E-state index in [4.69, 9.17) is 27.9 Å². The van der Waals surface area contributed by atoms with E-state index in [0.29, 0.717) is 33.9 Å². The van der Waals surface area contributed by atoms with Crippen LogP contribution in [0.1, 0.15) is 42.6 Å². The fraction of sp³-hybridized carbons (Fsp3) is 0.286. The first-order chi connectivity index (χ1) is 12.9. The zero-order valence-corrected chi connectivity index (χ0v) is 16.5. The first kappa shape index (κ1) is 19.9. The minimum Gasteiger partial charge on any atom is -0.496 e. The van der Waals surface area contributed by atoms with Crippen molar-refractivity contribution < 1.29 is 19.7 Å². The number of benzene rings is 2. The van der Waals surface area contributed by atoms with Crippen molar-refractivity contribution in [1.29, 1.82) is 0 Å². The van der Waals surface area contributed by atoms with E-state index in [1.807, 2.05) is 6.92 Å². The molecule has 0 unspecified atom stereocenters. The molecular weight excluding hydrogens is 387 g/mol. The Morgan fingerprint density at radius 3 is 2.59 bits per heavy atom. The minimum absolute atomic E-state index is 0.185. The summed E-state index contributed by atoms with van der Waals surface area (Å²) in [5.74, 6) is -0.128. The monoisotopic (exact) mass is 406 g/mol. The number of ether oxygens (including phenoxy) is 1. The number of methoxy groups -OCH3 is 1. The van der Waals surface area contributed by atoms with Crippen LogP contribution in [0.25, 0.3) is 5.57 Å². The molecule has 4 nitrogen and oxygen atoms in total. The number of Topliss-reactive ketones (excluding diaryl/α,β-unsaturated/α-hetero) is 1. The van der Waals surface area contributed by atoms with Gasteiger partial charge in [0.1, 0.15) is 11.9 Å². The van der Waals surface area contributed by atoms with Gasteiger partial charge in [-0.25, -0.2) is 0 Å². The number of rotatable bonds is 4. The largest absolute Gasteiger partial charge is 0.496 e. The van der Waals surface area contributed by atoms with Gasteiger partial charge in [-0.15, -0.1) is 0 Å². The molecule has 6 heteroatoms. The summed E-state index contributed by atoms with van der Waals surface area (Å²) in [5.41, 5.74) is -0.735. The molecule has 0 bridgehead atoms. The molecule has 2 aromatic rings. The number of hydrogen-bond acceptors (Lipinski definition) is 4. The van der Waals surface area contributed by atoms with Crippen molar-refractivity contribution >= 4 is 34.6 Å². The second kappa shape index (κ2) is 7.64. The number of allylic oxidation sites excluding steroid dienone is 1. The minimum atomic E-state index is -2.17. The van der Waals surface area contributed by atoms with Gasteiger partial charge in [0.05, 0.1) is 17.2 Å². The topological polar surface area (TPSA) is 66.8 Å². The second-order valence-electron chi connectivity index (χ2n) is 6.46. The quantitative estimate of drug-likeness (QED) is 0.722. The third-order valence-electron chi connectivity index (χ3n) is 4.83. The number of aliphatic hydroxyl groups excluding tert-OH is 1. The maximum Gasteiger partial charge on any atom is 0.202 e. The lowest BCUT2D eigenvalue weighted by Gasteiger charge is -2.39. The molecule has 0 aliphatic heterocycles. The molecule has 0 heterocycles. The molecule has 0 aromatic heterocycles. The molecular formula is C21H20Cl2O4. The van der Waals surface area contributed by atoms with E-state index in [9.17, 15) is 15.0 Å². The highest BCUT2D eigenvalue weighted by Gasteiger charge is 2.52. The summed E-state index contributed by atoms with van der Waals surface area (Å²) in [5, 5.41) is 22.9. The van der Waals surface area contributed by atoms with Crippen molar-refractivity contribution in [2.75, 3.05) is 7.11 Å². The highest BCUT2D eigenvalue weighted by atomic mass is 35.5. The third kappa shape index (κ3) is 3.17. The van der Waals surface area contributed by atoms with Gasteiger partial charge in [-0.3, -0.25) is 4.79 Å². The Labute approximate surface area is 168 Å². The van der Waals surface area contributed by atoms with Crippen LogP contribution in [0.4, 0.5) is 0 Å². The summed E-state index contributed by atoms with van der Waals surface area (Å²) < 4.78 is 5.40. The normalized spacial score (nSPS) is 23.4. The van der Waals surface area contributed by atoms with Crippen LogP contribution in [0.2, 0.25) is 10.0 Å². The summed E-state index contributed by atoms with van der Waals surface area (Å²) in [6, 6.07) is 9.52. The van der Waals surface area contributed by atoms with Gasteiger partial charge >= 0.3 is 0 Å². The Kier molecular flexibility index (Phi) is 5.63. The molecule has 0 radical (unpaired) electrons. The van der Waals surface area contributed by atoms with Crippen molar-refractivity contribution in [3.63, 3.8) is 0 Å². The van der Waals surface area contributed by atoms with Crippen molar-refractivity contribution in [3.8, 4) is 5.75 Å². The summed E-state index contributed by atoms with van der Waals surface area (Å²) in [7, 11) is 1.50. The van der Waals surface area contributed by atoms with Crippen LogP contribution in [0, 0.1) is 0 Å². The Balaban J connectivity index is 2.28. The van der Waals surface area contributed by atoms with Crippen molar-refractivity contribution in [1.82, 2.24) is 0 Å². The average Bonchev–Trinajstić information content (AvgIpc) is 2.68. The number of ketones is 1. The lowest BCUT2D eigenvalue weighted by atomic mass is 9.70. The third-order valence-corrected chi connectivity index (χ3v) is 5.56. The van der Waals surface area contributed by atoms with Crippen LogP contribution in [0.5, 0.6) is 5.75 Å². The molecule has 2 N–H and O–H groups in total.